The highest BCUT2D eigenvalue weighted by atomic mass is 35.5. The predicted octanol–water partition coefficient (Wildman–Crippen LogP) is 7.53. The number of halogens is 1. The van der Waals surface area contributed by atoms with Crippen molar-refractivity contribution in [2.75, 3.05) is 6.61 Å². The molecule has 1 saturated carbocycles. The third kappa shape index (κ3) is 5.75. The lowest BCUT2D eigenvalue weighted by molar-refractivity contribution is -0.138. The number of carboxylic acids is 1. The van der Waals surface area contributed by atoms with Gasteiger partial charge in [-0.1, -0.05) is 53.2 Å². The predicted molar refractivity (Wildman–Crippen MR) is 144 cm³/mol. The molecule has 1 N–H and O–H groups in total. The summed E-state index contributed by atoms with van der Waals surface area (Å²) in [5.74, 6) is 0.492. The second-order valence-corrected chi connectivity index (χ2v) is 10.2. The zero-order chi connectivity index (χ0) is 25.9. The van der Waals surface area contributed by atoms with Gasteiger partial charge in [0.05, 0.1) is 29.0 Å². The SMILES string of the molecule is CC(CCOc1ccc(C(C)C(=O)O)cc1Cl)Oc1ccc2c(-c3ccccc3)noc2c1CC1CC1. The van der Waals surface area contributed by atoms with Crippen molar-refractivity contribution >= 4 is 28.5 Å². The van der Waals surface area contributed by atoms with Crippen molar-refractivity contribution in [3.05, 3.63) is 76.8 Å². The van der Waals surface area contributed by atoms with Crippen LogP contribution >= 0.6 is 11.6 Å². The van der Waals surface area contributed by atoms with Crippen molar-refractivity contribution in [3.8, 4) is 22.8 Å². The fourth-order valence-corrected chi connectivity index (χ4v) is 4.66. The first kappa shape index (κ1) is 25.2. The number of nitrogens with zero attached hydrogens (tertiary/aromatic N) is 1. The second-order valence-electron chi connectivity index (χ2n) is 9.78. The third-order valence-electron chi connectivity index (χ3n) is 6.87. The largest absolute Gasteiger partial charge is 0.492 e. The molecule has 1 aliphatic carbocycles. The van der Waals surface area contributed by atoms with Crippen LogP contribution in [0.4, 0.5) is 0 Å². The maximum atomic E-state index is 11.2. The lowest BCUT2D eigenvalue weighted by Gasteiger charge is -2.18. The summed E-state index contributed by atoms with van der Waals surface area (Å²) in [6.45, 7) is 4.06. The van der Waals surface area contributed by atoms with E-state index in [0.29, 0.717) is 35.3 Å². The van der Waals surface area contributed by atoms with Gasteiger partial charge < -0.3 is 19.1 Å². The molecule has 0 bridgehead atoms. The number of hydrogen-bond donors (Lipinski definition) is 1. The summed E-state index contributed by atoms with van der Waals surface area (Å²) in [5.41, 5.74) is 4.40. The standard InChI is InChI=1S/C30H30ClNO5/c1-18(14-15-35-27-12-10-22(17-25(27)31)19(2)30(33)34)36-26-13-11-23-28(21-6-4-3-5-7-21)32-37-29(23)24(26)16-20-8-9-20/h3-7,10-13,17-20H,8-9,14-16H2,1-2H3,(H,33,34). The quantitative estimate of drug-likeness (QED) is 0.220. The Morgan fingerprint density at radius 3 is 2.57 bits per heavy atom. The average molecular weight is 520 g/mol. The van der Waals surface area contributed by atoms with Crippen LogP contribution in [0.1, 0.15) is 50.2 Å². The molecule has 1 fully saturated rings. The average Bonchev–Trinajstić information content (AvgIpc) is 3.61. The Kier molecular flexibility index (Phi) is 7.38. The Labute approximate surface area is 221 Å². The van der Waals surface area contributed by atoms with Crippen LogP contribution in [0, 0.1) is 5.92 Å². The molecule has 0 amide bonds. The normalized spacial score (nSPS) is 14.9. The zero-order valence-electron chi connectivity index (χ0n) is 20.9. The van der Waals surface area contributed by atoms with Crippen LogP contribution in [0.3, 0.4) is 0 Å². The summed E-state index contributed by atoms with van der Waals surface area (Å²) in [4.78, 5) is 11.2. The number of carboxylic acid groups (broad SMARTS) is 1. The van der Waals surface area contributed by atoms with Crippen molar-refractivity contribution in [2.24, 2.45) is 5.92 Å². The molecule has 1 aromatic heterocycles. The van der Waals surface area contributed by atoms with Gasteiger partial charge in [-0.25, -0.2) is 0 Å². The van der Waals surface area contributed by atoms with E-state index in [1.165, 1.54) is 12.8 Å². The number of ether oxygens (including phenoxy) is 2. The maximum absolute atomic E-state index is 11.2. The molecule has 0 radical (unpaired) electrons. The molecule has 0 aliphatic heterocycles. The van der Waals surface area contributed by atoms with Crippen molar-refractivity contribution in [3.63, 3.8) is 0 Å². The Morgan fingerprint density at radius 1 is 1.11 bits per heavy atom. The topological polar surface area (TPSA) is 81.8 Å². The summed E-state index contributed by atoms with van der Waals surface area (Å²) in [6.07, 6.45) is 3.91. The van der Waals surface area contributed by atoms with Gasteiger partial charge in [0, 0.05) is 17.5 Å². The van der Waals surface area contributed by atoms with Crippen LogP contribution in [-0.4, -0.2) is 28.9 Å². The van der Waals surface area contributed by atoms with Gasteiger partial charge in [0.2, 0.25) is 0 Å². The van der Waals surface area contributed by atoms with E-state index >= 15 is 0 Å². The van der Waals surface area contributed by atoms with Crippen LogP contribution in [0.5, 0.6) is 11.5 Å². The molecule has 1 heterocycles. The fourth-order valence-electron chi connectivity index (χ4n) is 4.42. The molecule has 37 heavy (non-hydrogen) atoms. The highest BCUT2D eigenvalue weighted by molar-refractivity contribution is 6.32. The van der Waals surface area contributed by atoms with Crippen molar-refractivity contribution in [1.29, 1.82) is 0 Å². The molecule has 3 aromatic carbocycles. The van der Waals surface area contributed by atoms with Crippen LogP contribution < -0.4 is 9.47 Å². The van der Waals surface area contributed by atoms with E-state index in [1.807, 2.05) is 49.4 Å². The number of carbonyl (C=O) groups is 1. The van der Waals surface area contributed by atoms with Crippen LogP contribution in [-0.2, 0) is 11.2 Å². The third-order valence-corrected chi connectivity index (χ3v) is 7.17. The van der Waals surface area contributed by atoms with E-state index in [1.54, 1.807) is 25.1 Å². The van der Waals surface area contributed by atoms with Gasteiger partial charge in [0.1, 0.15) is 17.2 Å². The number of aromatic nitrogens is 1. The molecular formula is C30H30ClNO5. The van der Waals surface area contributed by atoms with Gasteiger partial charge in [-0.05, 0) is 68.9 Å². The summed E-state index contributed by atoms with van der Waals surface area (Å²) in [5, 5.41) is 15.0. The zero-order valence-corrected chi connectivity index (χ0v) is 21.7. The minimum Gasteiger partial charge on any atom is -0.492 e. The van der Waals surface area contributed by atoms with Gasteiger partial charge in [-0.3, -0.25) is 4.79 Å². The van der Waals surface area contributed by atoms with E-state index in [9.17, 15) is 9.90 Å². The number of hydrogen-bond acceptors (Lipinski definition) is 5. The number of rotatable bonds is 11. The van der Waals surface area contributed by atoms with Gasteiger partial charge in [0.25, 0.3) is 0 Å². The Hall–Kier alpha value is -3.51. The molecule has 0 spiro atoms. The van der Waals surface area contributed by atoms with E-state index in [0.717, 1.165) is 40.0 Å². The summed E-state index contributed by atoms with van der Waals surface area (Å²) in [6, 6.07) is 19.2. The van der Waals surface area contributed by atoms with Crippen LogP contribution in [0.15, 0.2) is 65.2 Å². The molecule has 6 nitrogen and oxygen atoms in total. The summed E-state index contributed by atoms with van der Waals surface area (Å²) >= 11 is 6.33. The summed E-state index contributed by atoms with van der Waals surface area (Å²) in [7, 11) is 0. The van der Waals surface area contributed by atoms with Gasteiger partial charge in [-0.15, -0.1) is 0 Å². The molecule has 0 saturated heterocycles. The Balaban J connectivity index is 1.27. The van der Waals surface area contributed by atoms with Gasteiger partial charge in [-0.2, -0.15) is 0 Å². The molecule has 5 rings (SSSR count). The molecule has 2 atom stereocenters. The highest BCUT2D eigenvalue weighted by Crippen LogP contribution is 2.41. The van der Waals surface area contributed by atoms with Crippen LogP contribution in [0.2, 0.25) is 5.02 Å². The first-order valence-corrected chi connectivity index (χ1v) is 13.1. The van der Waals surface area contributed by atoms with Crippen molar-refractivity contribution < 1.29 is 23.9 Å². The first-order valence-electron chi connectivity index (χ1n) is 12.7. The molecular weight excluding hydrogens is 490 g/mol. The van der Waals surface area contributed by atoms with Gasteiger partial charge in [0.15, 0.2) is 5.58 Å². The van der Waals surface area contributed by atoms with Crippen LogP contribution in [0.25, 0.3) is 22.2 Å². The highest BCUT2D eigenvalue weighted by Gasteiger charge is 2.27. The fraction of sp³-hybridized carbons (Fsp3) is 0.333. The van der Waals surface area contributed by atoms with Crippen molar-refractivity contribution in [1.82, 2.24) is 5.16 Å². The monoisotopic (exact) mass is 519 g/mol. The Bertz CT molecular complexity index is 1400. The van der Waals surface area contributed by atoms with E-state index < -0.39 is 11.9 Å². The minimum absolute atomic E-state index is 0.100. The lowest BCUT2D eigenvalue weighted by atomic mass is 10.0. The van der Waals surface area contributed by atoms with E-state index in [-0.39, 0.29) is 6.10 Å². The Morgan fingerprint density at radius 2 is 1.86 bits per heavy atom. The van der Waals surface area contributed by atoms with Gasteiger partial charge >= 0.3 is 5.97 Å². The molecule has 1 aliphatic rings. The minimum atomic E-state index is -0.892. The maximum Gasteiger partial charge on any atom is 0.310 e. The molecule has 192 valence electrons. The molecule has 2 unspecified atom stereocenters. The lowest BCUT2D eigenvalue weighted by Crippen LogP contribution is -2.17. The number of fused-ring (bicyclic) bond motifs is 1. The number of aliphatic carboxylic acids is 1. The van der Waals surface area contributed by atoms with E-state index in [4.69, 9.17) is 25.6 Å². The molecule has 7 heteroatoms. The number of benzene rings is 3. The summed E-state index contributed by atoms with van der Waals surface area (Å²) < 4.78 is 18.1. The first-order chi connectivity index (χ1) is 17.9. The molecule has 4 aromatic rings. The smallest absolute Gasteiger partial charge is 0.310 e. The van der Waals surface area contributed by atoms with Crippen molar-refractivity contribution in [2.45, 2.75) is 51.6 Å². The second kappa shape index (κ2) is 10.9. The van der Waals surface area contributed by atoms with E-state index in [2.05, 4.69) is 5.16 Å².